The average molecular weight is 415 g/mol. The number of amides is 2. The number of hydrogen-bond acceptors (Lipinski definition) is 4. The summed E-state index contributed by atoms with van der Waals surface area (Å²) in [6, 6.07) is 16.9. The number of carbonyl (C=O) groups excluding carboxylic acids is 2. The molecule has 1 aromatic heterocycles. The Bertz CT molecular complexity index is 952. The Labute approximate surface area is 158 Å². The zero-order chi connectivity index (χ0) is 18.5. The van der Waals surface area contributed by atoms with Crippen LogP contribution in [0.15, 0.2) is 69.8 Å². The van der Waals surface area contributed by atoms with E-state index >= 15 is 0 Å². The van der Waals surface area contributed by atoms with Crippen LogP contribution in [0.1, 0.15) is 20.9 Å². The van der Waals surface area contributed by atoms with Crippen LogP contribution in [0.4, 0.5) is 11.4 Å². The van der Waals surface area contributed by atoms with Gasteiger partial charge in [0.1, 0.15) is 5.75 Å². The zero-order valence-corrected chi connectivity index (χ0v) is 15.4. The number of anilines is 2. The van der Waals surface area contributed by atoms with Gasteiger partial charge in [-0.3, -0.25) is 9.59 Å². The third-order valence-electron chi connectivity index (χ3n) is 3.54. The molecule has 0 unspecified atom stereocenters. The minimum absolute atomic E-state index is 0.139. The summed E-state index contributed by atoms with van der Waals surface area (Å²) in [7, 11) is 1.55. The molecule has 3 aromatic rings. The lowest BCUT2D eigenvalue weighted by molar-refractivity contribution is 0.0995. The van der Waals surface area contributed by atoms with Gasteiger partial charge in [-0.25, -0.2) is 0 Å². The lowest BCUT2D eigenvalue weighted by Crippen LogP contribution is -2.18. The summed E-state index contributed by atoms with van der Waals surface area (Å²) in [6.07, 6.45) is 0. The fourth-order valence-electron chi connectivity index (χ4n) is 2.31. The molecule has 0 fully saturated rings. The summed E-state index contributed by atoms with van der Waals surface area (Å²) in [6.45, 7) is 0. The third-order valence-corrected chi connectivity index (χ3v) is 3.97. The highest BCUT2D eigenvalue weighted by Crippen LogP contribution is 2.22. The molecule has 26 heavy (non-hydrogen) atoms. The minimum Gasteiger partial charge on any atom is -0.497 e. The standard InChI is InChI=1S/C19H15BrN2O4/c1-25-13-6-4-5-12(11-13)21-18(23)14-7-2-3-8-15(14)22-19(24)16-9-10-17(20)26-16/h2-11H,1H3,(H,21,23)(H,22,24). The van der Waals surface area contributed by atoms with Crippen LogP contribution in [0.25, 0.3) is 0 Å². The Hall–Kier alpha value is -3.06. The van der Waals surface area contributed by atoms with Crippen LogP contribution < -0.4 is 15.4 Å². The molecule has 2 aromatic carbocycles. The first-order chi connectivity index (χ1) is 12.6. The van der Waals surface area contributed by atoms with Gasteiger partial charge >= 0.3 is 0 Å². The van der Waals surface area contributed by atoms with E-state index in [9.17, 15) is 9.59 Å². The van der Waals surface area contributed by atoms with Gasteiger partial charge in [-0.2, -0.15) is 0 Å². The molecule has 0 saturated heterocycles. The normalized spacial score (nSPS) is 10.2. The molecule has 132 valence electrons. The molecule has 0 aliphatic rings. The molecule has 0 spiro atoms. The van der Waals surface area contributed by atoms with Crippen LogP contribution in [0.2, 0.25) is 0 Å². The molecule has 1 heterocycles. The summed E-state index contributed by atoms with van der Waals surface area (Å²) in [5, 5.41) is 5.48. The van der Waals surface area contributed by atoms with Crippen LogP contribution in [0.3, 0.4) is 0 Å². The van der Waals surface area contributed by atoms with Gasteiger partial charge in [0.05, 0.1) is 18.4 Å². The van der Waals surface area contributed by atoms with Crippen molar-refractivity contribution >= 4 is 39.1 Å². The van der Waals surface area contributed by atoms with Gasteiger partial charge in [-0.1, -0.05) is 18.2 Å². The maximum atomic E-state index is 12.6. The molecule has 0 saturated carbocycles. The van der Waals surface area contributed by atoms with Gasteiger partial charge in [0.2, 0.25) is 0 Å². The topological polar surface area (TPSA) is 80.6 Å². The van der Waals surface area contributed by atoms with Gasteiger partial charge < -0.3 is 19.8 Å². The van der Waals surface area contributed by atoms with E-state index in [1.54, 1.807) is 67.8 Å². The van der Waals surface area contributed by atoms with Crippen LogP contribution >= 0.6 is 15.9 Å². The van der Waals surface area contributed by atoms with Gasteiger partial charge in [-0.05, 0) is 52.3 Å². The Balaban J connectivity index is 1.79. The minimum atomic E-state index is -0.447. The van der Waals surface area contributed by atoms with Crippen LogP contribution in [-0.2, 0) is 0 Å². The summed E-state index contributed by atoms with van der Waals surface area (Å²) < 4.78 is 10.8. The lowest BCUT2D eigenvalue weighted by Gasteiger charge is -2.11. The number of hydrogen-bond donors (Lipinski definition) is 2. The first kappa shape index (κ1) is 17.8. The molecule has 7 heteroatoms. The van der Waals surface area contributed by atoms with Crippen molar-refractivity contribution in [1.29, 1.82) is 0 Å². The summed E-state index contributed by atoms with van der Waals surface area (Å²) in [4.78, 5) is 24.9. The molecule has 0 aliphatic carbocycles. The number of carbonyl (C=O) groups is 2. The number of para-hydroxylation sites is 1. The Kier molecular flexibility index (Phi) is 5.38. The van der Waals surface area contributed by atoms with E-state index in [-0.39, 0.29) is 11.7 Å². The zero-order valence-electron chi connectivity index (χ0n) is 13.8. The van der Waals surface area contributed by atoms with Gasteiger partial charge in [0.25, 0.3) is 11.8 Å². The number of ether oxygens (including phenoxy) is 1. The summed E-state index contributed by atoms with van der Waals surface area (Å²) >= 11 is 3.15. The van der Waals surface area contributed by atoms with Crippen LogP contribution in [-0.4, -0.2) is 18.9 Å². The number of methoxy groups -OCH3 is 1. The molecule has 3 rings (SSSR count). The number of benzene rings is 2. The number of nitrogens with one attached hydrogen (secondary N) is 2. The van der Waals surface area contributed by atoms with E-state index in [1.165, 1.54) is 0 Å². The summed E-state index contributed by atoms with van der Waals surface area (Å²) in [5.74, 6) is -0.0280. The average Bonchev–Trinajstić information content (AvgIpc) is 3.09. The first-order valence-corrected chi connectivity index (χ1v) is 8.47. The molecule has 0 atom stereocenters. The van der Waals surface area contributed by atoms with E-state index < -0.39 is 5.91 Å². The fraction of sp³-hybridized carbons (Fsp3) is 0.0526. The van der Waals surface area contributed by atoms with Crippen molar-refractivity contribution in [1.82, 2.24) is 0 Å². The monoisotopic (exact) mass is 414 g/mol. The van der Waals surface area contributed by atoms with Crippen molar-refractivity contribution in [2.75, 3.05) is 17.7 Å². The second kappa shape index (κ2) is 7.88. The lowest BCUT2D eigenvalue weighted by atomic mass is 10.1. The summed E-state index contributed by atoms with van der Waals surface area (Å²) in [5.41, 5.74) is 1.30. The highest BCUT2D eigenvalue weighted by Gasteiger charge is 2.16. The highest BCUT2D eigenvalue weighted by molar-refractivity contribution is 9.10. The largest absolute Gasteiger partial charge is 0.497 e. The Morgan fingerprint density at radius 3 is 2.50 bits per heavy atom. The van der Waals surface area contributed by atoms with E-state index in [4.69, 9.17) is 9.15 Å². The van der Waals surface area contributed by atoms with E-state index in [1.807, 2.05) is 0 Å². The van der Waals surface area contributed by atoms with Crippen LogP contribution in [0.5, 0.6) is 5.75 Å². The van der Waals surface area contributed by atoms with E-state index in [0.717, 1.165) is 0 Å². The van der Waals surface area contributed by atoms with Crippen LogP contribution in [0, 0.1) is 0 Å². The van der Waals surface area contributed by atoms with E-state index in [2.05, 4.69) is 26.6 Å². The maximum Gasteiger partial charge on any atom is 0.291 e. The fourth-order valence-corrected chi connectivity index (χ4v) is 2.62. The van der Waals surface area contributed by atoms with E-state index in [0.29, 0.717) is 27.4 Å². The molecular formula is C19H15BrN2O4. The molecule has 2 N–H and O–H groups in total. The first-order valence-electron chi connectivity index (χ1n) is 7.68. The van der Waals surface area contributed by atoms with Gasteiger partial charge in [0.15, 0.2) is 10.4 Å². The molecule has 2 amide bonds. The smallest absolute Gasteiger partial charge is 0.291 e. The Morgan fingerprint density at radius 1 is 0.962 bits per heavy atom. The van der Waals surface area contributed by atoms with Crippen molar-refractivity contribution in [3.63, 3.8) is 0 Å². The van der Waals surface area contributed by atoms with Gasteiger partial charge in [-0.15, -0.1) is 0 Å². The van der Waals surface area contributed by atoms with Crippen molar-refractivity contribution in [2.24, 2.45) is 0 Å². The van der Waals surface area contributed by atoms with Crippen molar-refractivity contribution in [2.45, 2.75) is 0 Å². The predicted octanol–water partition coefficient (Wildman–Crippen LogP) is 4.56. The third kappa shape index (κ3) is 4.12. The number of halogens is 1. The van der Waals surface area contributed by atoms with Crippen molar-refractivity contribution in [3.05, 3.63) is 76.7 Å². The molecular weight excluding hydrogens is 400 g/mol. The molecule has 0 aliphatic heterocycles. The highest BCUT2D eigenvalue weighted by atomic mass is 79.9. The number of rotatable bonds is 5. The van der Waals surface area contributed by atoms with Gasteiger partial charge in [0, 0.05) is 11.8 Å². The number of furan rings is 1. The van der Waals surface area contributed by atoms with Crippen molar-refractivity contribution in [3.8, 4) is 5.75 Å². The molecule has 0 bridgehead atoms. The quantitative estimate of drug-likeness (QED) is 0.641. The SMILES string of the molecule is COc1cccc(NC(=O)c2ccccc2NC(=O)c2ccc(Br)o2)c1. The van der Waals surface area contributed by atoms with Crippen molar-refractivity contribution < 1.29 is 18.7 Å². The Morgan fingerprint density at radius 2 is 1.77 bits per heavy atom. The predicted molar refractivity (Wildman–Crippen MR) is 102 cm³/mol. The second-order valence-electron chi connectivity index (χ2n) is 5.29. The molecule has 0 radical (unpaired) electrons. The second-order valence-corrected chi connectivity index (χ2v) is 6.07. The maximum absolute atomic E-state index is 12.6. The molecule has 6 nitrogen and oxygen atoms in total.